The number of aromatic nitrogens is 2. The van der Waals surface area contributed by atoms with Gasteiger partial charge in [-0.1, -0.05) is 20.8 Å². The van der Waals surface area contributed by atoms with Crippen LogP contribution in [-0.4, -0.2) is 18.5 Å². The van der Waals surface area contributed by atoms with E-state index in [-0.39, 0.29) is 5.04 Å². The Balaban J connectivity index is 2.61. The molecular formula is C11H22N2OSi. The smallest absolute Gasteiger partial charge is 0.192 e. The van der Waals surface area contributed by atoms with Crippen LogP contribution in [0.4, 0.5) is 0 Å². The van der Waals surface area contributed by atoms with Gasteiger partial charge in [-0.3, -0.25) is 5.10 Å². The first-order valence-corrected chi connectivity index (χ1v) is 8.28. The van der Waals surface area contributed by atoms with Crippen LogP contribution >= 0.6 is 0 Å². The van der Waals surface area contributed by atoms with Gasteiger partial charge in [0.05, 0.1) is 18.5 Å². The summed E-state index contributed by atoms with van der Waals surface area (Å²) in [5.41, 5.74) is 2.27. The summed E-state index contributed by atoms with van der Waals surface area (Å²) in [6.45, 7) is 14.0. The van der Waals surface area contributed by atoms with Crippen molar-refractivity contribution in [1.29, 1.82) is 0 Å². The first-order valence-electron chi connectivity index (χ1n) is 5.37. The second kappa shape index (κ2) is 4.10. The lowest BCUT2D eigenvalue weighted by Gasteiger charge is -2.36. The number of nitrogens with one attached hydrogen (secondary N) is 1. The zero-order chi connectivity index (χ0) is 11.7. The molecule has 1 rings (SSSR count). The van der Waals surface area contributed by atoms with E-state index in [9.17, 15) is 0 Å². The molecule has 0 saturated carbocycles. The summed E-state index contributed by atoms with van der Waals surface area (Å²) in [7, 11) is -1.63. The van der Waals surface area contributed by atoms with Gasteiger partial charge in [-0.05, 0) is 30.6 Å². The molecule has 0 aliphatic carbocycles. The van der Waals surface area contributed by atoms with Gasteiger partial charge in [0, 0.05) is 0 Å². The fraction of sp³-hybridized carbons (Fsp3) is 0.727. The van der Waals surface area contributed by atoms with Gasteiger partial charge in [0.15, 0.2) is 8.32 Å². The molecule has 0 bridgehead atoms. The molecule has 15 heavy (non-hydrogen) atoms. The molecule has 0 atom stereocenters. The second-order valence-electron chi connectivity index (χ2n) is 5.58. The van der Waals surface area contributed by atoms with Gasteiger partial charge in [-0.2, -0.15) is 5.10 Å². The highest BCUT2D eigenvalue weighted by Gasteiger charge is 2.37. The van der Waals surface area contributed by atoms with Crippen molar-refractivity contribution >= 4 is 8.32 Å². The number of hydrogen-bond donors (Lipinski definition) is 1. The number of aromatic amines is 1. The highest BCUT2D eigenvalue weighted by Crippen LogP contribution is 2.37. The van der Waals surface area contributed by atoms with Crippen LogP contribution < -0.4 is 0 Å². The fourth-order valence-corrected chi connectivity index (χ4v) is 1.93. The number of H-pyrrole nitrogens is 1. The predicted molar refractivity (Wildman–Crippen MR) is 65.3 cm³/mol. The summed E-state index contributed by atoms with van der Waals surface area (Å²) in [6.07, 6.45) is 1.84. The summed E-state index contributed by atoms with van der Waals surface area (Å²) in [5, 5.41) is 7.24. The van der Waals surface area contributed by atoms with Gasteiger partial charge < -0.3 is 4.43 Å². The van der Waals surface area contributed by atoms with Gasteiger partial charge in [-0.15, -0.1) is 0 Å². The Morgan fingerprint density at radius 1 is 1.40 bits per heavy atom. The molecule has 1 heterocycles. The molecule has 0 saturated heterocycles. The van der Waals surface area contributed by atoms with E-state index in [0.717, 1.165) is 5.69 Å². The Labute approximate surface area is 93.4 Å². The Hall–Kier alpha value is -0.613. The summed E-state index contributed by atoms with van der Waals surface area (Å²) < 4.78 is 6.09. The minimum Gasteiger partial charge on any atom is -0.411 e. The van der Waals surface area contributed by atoms with E-state index in [1.165, 1.54) is 5.56 Å². The Bertz CT molecular complexity index is 326. The summed E-state index contributed by atoms with van der Waals surface area (Å²) in [5.74, 6) is 0. The van der Waals surface area contributed by atoms with Crippen molar-refractivity contribution in [2.75, 3.05) is 0 Å². The van der Waals surface area contributed by atoms with Crippen molar-refractivity contribution < 1.29 is 4.43 Å². The molecule has 1 aromatic rings. The average molecular weight is 226 g/mol. The van der Waals surface area contributed by atoms with E-state index >= 15 is 0 Å². The molecule has 0 unspecified atom stereocenters. The summed E-state index contributed by atoms with van der Waals surface area (Å²) in [4.78, 5) is 0. The molecule has 0 aliphatic heterocycles. The standard InChI is InChI=1S/C11H22N2OSi/c1-9-7-12-13-10(9)8-14-15(5,6)11(2,3)4/h7H,8H2,1-6H3,(H,12,13). The molecule has 1 N–H and O–H groups in total. The fourth-order valence-electron chi connectivity index (χ4n) is 0.988. The van der Waals surface area contributed by atoms with Crippen molar-refractivity contribution in [2.24, 2.45) is 0 Å². The number of aryl methyl sites for hydroxylation is 1. The number of hydrogen-bond acceptors (Lipinski definition) is 2. The molecule has 1 aromatic heterocycles. The third-order valence-corrected chi connectivity index (χ3v) is 7.80. The molecule has 86 valence electrons. The van der Waals surface area contributed by atoms with E-state index in [1.54, 1.807) is 0 Å². The molecule has 0 aromatic carbocycles. The van der Waals surface area contributed by atoms with Crippen LogP contribution in [0.15, 0.2) is 6.20 Å². The van der Waals surface area contributed by atoms with Crippen LogP contribution in [0, 0.1) is 6.92 Å². The van der Waals surface area contributed by atoms with Crippen molar-refractivity contribution in [3.63, 3.8) is 0 Å². The maximum absolute atomic E-state index is 6.09. The zero-order valence-electron chi connectivity index (χ0n) is 10.6. The monoisotopic (exact) mass is 226 g/mol. The van der Waals surface area contributed by atoms with Gasteiger partial charge >= 0.3 is 0 Å². The highest BCUT2D eigenvalue weighted by atomic mass is 28.4. The maximum Gasteiger partial charge on any atom is 0.192 e. The minimum atomic E-state index is -1.63. The maximum atomic E-state index is 6.09. The van der Waals surface area contributed by atoms with Crippen molar-refractivity contribution in [2.45, 2.75) is 52.4 Å². The topological polar surface area (TPSA) is 37.9 Å². The quantitative estimate of drug-likeness (QED) is 0.803. The van der Waals surface area contributed by atoms with Crippen LogP contribution in [0.2, 0.25) is 18.1 Å². The van der Waals surface area contributed by atoms with Crippen molar-refractivity contribution in [3.05, 3.63) is 17.5 Å². The molecule has 0 aliphatic rings. The van der Waals surface area contributed by atoms with E-state index in [4.69, 9.17) is 4.43 Å². The predicted octanol–water partition coefficient (Wildman–Crippen LogP) is 3.24. The van der Waals surface area contributed by atoms with Crippen LogP contribution in [0.5, 0.6) is 0 Å². The third kappa shape index (κ3) is 2.92. The van der Waals surface area contributed by atoms with Crippen molar-refractivity contribution in [3.8, 4) is 0 Å². The number of rotatable bonds is 3. The van der Waals surface area contributed by atoms with Gasteiger partial charge in [0.2, 0.25) is 0 Å². The SMILES string of the molecule is Cc1cn[nH]c1CO[Si](C)(C)C(C)(C)C. The lowest BCUT2D eigenvalue weighted by Crippen LogP contribution is -2.40. The molecule has 4 heteroatoms. The summed E-state index contributed by atoms with van der Waals surface area (Å²) >= 11 is 0. The van der Waals surface area contributed by atoms with E-state index in [0.29, 0.717) is 6.61 Å². The van der Waals surface area contributed by atoms with E-state index < -0.39 is 8.32 Å². The Morgan fingerprint density at radius 3 is 2.40 bits per heavy atom. The molecular weight excluding hydrogens is 204 g/mol. The second-order valence-corrected chi connectivity index (χ2v) is 10.4. The molecule has 0 spiro atoms. The molecule has 0 radical (unpaired) electrons. The first-order chi connectivity index (χ1) is 6.74. The van der Waals surface area contributed by atoms with Gasteiger partial charge in [0.1, 0.15) is 0 Å². The third-order valence-electron chi connectivity index (χ3n) is 3.32. The zero-order valence-corrected chi connectivity index (χ0v) is 11.6. The Kier molecular flexibility index (Phi) is 3.40. The van der Waals surface area contributed by atoms with Gasteiger partial charge in [-0.25, -0.2) is 0 Å². The largest absolute Gasteiger partial charge is 0.411 e. The van der Waals surface area contributed by atoms with Crippen LogP contribution in [0.1, 0.15) is 32.0 Å². The minimum absolute atomic E-state index is 0.265. The van der Waals surface area contributed by atoms with E-state index in [2.05, 4.69) is 44.1 Å². The lowest BCUT2D eigenvalue weighted by molar-refractivity contribution is 0.271. The Morgan fingerprint density at radius 2 is 2.00 bits per heavy atom. The lowest BCUT2D eigenvalue weighted by atomic mass is 10.2. The number of nitrogens with zero attached hydrogens (tertiary/aromatic N) is 1. The molecule has 3 nitrogen and oxygen atoms in total. The van der Waals surface area contributed by atoms with Crippen molar-refractivity contribution in [1.82, 2.24) is 10.2 Å². The average Bonchev–Trinajstić information content (AvgIpc) is 2.46. The van der Waals surface area contributed by atoms with Crippen LogP contribution in [0.3, 0.4) is 0 Å². The highest BCUT2D eigenvalue weighted by molar-refractivity contribution is 6.74. The van der Waals surface area contributed by atoms with Crippen LogP contribution in [-0.2, 0) is 11.0 Å². The van der Waals surface area contributed by atoms with Crippen LogP contribution in [0.25, 0.3) is 0 Å². The molecule has 0 fully saturated rings. The normalized spacial score (nSPS) is 13.2. The van der Waals surface area contributed by atoms with Gasteiger partial charge in [0.25, 0.3) is 0 Å². The summed E-state index contributed by atoms with van der Waals surface area (Å²) in [6, 6.07) is 0. The molecule has 0 amide bonds. The first kappa shape index (κ1) is 12.5. The van der Waals surface area contributed by atoms with E-state index in [1.807, 2.05) is 13.1 Å².